The predicted octanol–water partition coefficient (Wildman–Crippen LogP) is 3.22. The smallest absolute Gasteiger partial charge is 0.0402 e. The van der Waals surface area contributed by atoms with Gasteiger partial charge in [0.25, 0.3) is 0 Å². The minimum absolute atomic E-state index is 0.239. The fourth-order valence-corrected chi connectivity index (χ4v) is 3.35. The summed E-state index contributed by atoms with van der Waals surface area (Å²) in [6.45, 7) is 9.15. The molecule has 1 fully saturated rings. The molecule has 1 heterocycles. The van der Waals surface area contributed by atoms with Crippen LogP contribution in [0.25, 0.3) is 0 Å². The highest BCUT2D eigenvalue weighted by Gasteiger charge is 2.38. The van der Waals surface area contributed by atoms with E-state index in [1.165, 1.54) is 37.1 Å². The van der Waals surface area contributed by atoms with E-state index in [4.69, 9.17) is 0 Å². The van der Waals surface area contributed by atoms with E-state index in [0.29, 0.717) is 0 Å². The van der Waals surface area contributed by atoms with Crippen molar-refractivity contribution in [2.45, 2.75) is 51.6 Å². The maximum Gasteiger partial charge on any atom is 0.0402 e. The fourth-order valence-electron chi connectivity index (χ4n) is 3.35. The lowest BCUT2D eigenvalue weighted by Gasteiger charge is -2.45. The minimum Gasteiger partial charge on any atom is -0.368 e. The number of benzene rings is 1. The van der Waals surface area contributed by atoms with Crippen LogP contribution in [0.3, 0.4) is 0 Å². The Morgan fingerprint density at radius 2 is 2.00 bits per heavy atom. The van der Waals surface area contributed by atoms with Crippen molar-refractivity contribution >= 4 is 5.69 Å². The minimum atomic E-state index is 0.239. The number of rotatable bonds is 3. The van der Waals surface area contributed by atoms with Crippen molar-refractivity contribution in [1.29, 1.82) is 0 Å². The topological polar surface area (TPSA) is 15.3 Å². The Kier molecular flexibility index (Phi) is 3.30. The zero-order chi connectivity index (χ0) is 13.5. The SMILES string of the molecule is CC(C)(C)NCC1CCC1N1CCc2ccccc21. The molecule has 2 atom stereocenters. The van der Waals surface area contributed by atoms with Crippen LogP contribution in [0.1, 0.15) is 39.2 Å². The van der Waals surface area contributed by atoms with Crippen LogP contribution in [0, 0.1) is 5.92 Å². The summed E-state index contributed by atoms with van der Waals surface area (Å²) >= 11 is 0. The van der Waals surface area contributed by atoms with E-state index in [9.17, 15) is 0 Å². The van der Waals surface area contributed by atoms with E-state index < -0.39 is 0 Å². The van der Waals surface area contributed by atoms with Crippen LogP contribution in [-0.4, -0.2) is 24.7 Å². The molecule has 2 heteroatoms. The number of fused-ring (bicyclic) bond motifs is 1. The lowest BCUT2D eigenvalue weighted by atomic mass is 9.78. The Morgan fingerprint density at radius 1 is 1.21 bits per heavy atom. The van der Waals surface area contributed by atoms with E-state index in [2.05, 4.69) is 55.3 Å². The first-order valence-corrected chi connectivity index (χ1v) is 7.64. The van der Waals surface area contributed by atoms with E-state index in [1.54, 1.807) is 0 Å². The molecule has 2 nitrogen and oxygen atoms in total. The van der Waals surface area contributed by atoms with Crippen molar-refractivity contribution in [2.24, 2.45) is 5.92 Å². The largest absolute Gasteiger partial charge is 0.368 e. The second-order valence-corrected chi connectivity index (χ2v) is 7.11. The van der Waals surface area contributed by atoms with Crippen LogP contribution in [0.5, 0.6) is 0 Å². The van der Waals surface area contributed by atoms with Crippen LogP contribution < -0.4 is 10.2 Å². The molecular weight excluding hydrogens is 232 g/mol. The summed E-state index contributed by atoms with van der Waals surface area (Å²) in [6, 6.07) is 9.70. The van der Waals surface area contributed by atoms with E-state index >= 15 is 0 Å². The summed E-state index contributed by atoms with van der Waals surface area (Å²) in [6.07, 6.45) is 3.98. The molecule has 3 rings (SSSR count). The second-order valence-electron chi connectivity index (χ2n) is 7.11. The molecule has 104 valence electrons. The summed E-state index contributed by atoms with van der Waals surface area (Å²) in [5.41, 5.74) is 3.27. The van der Waals surface area contributed by atoms with Gasteiger partial charge in [-0.3, -0.25) is 0 Å². The molecule has 0 aromatic heterocycles. The highest BCUT2D eigenvalue weighted by atomic mass is 15.2. The van der Waals surface area contributed by atoms with Crippen molar-refractivity contribution in [3.05, 3.63) is 29.8 Å². The molecule has 0 bridgehead atoms. The standard InChI is InChI=1S/C17H26N2/c1-17(2,3)18-12-14-8-9-16(14)19-11-10-13-6-4-5-7-15(13)19/h4-7,14,16,18H,8-12H2,1-3H3. The van der Waals surface area contributed by atoms with Gasteiger partial charge in [0.15, 0.2) is 0 Å². The Morgan fingerprint density at radius 3 is 2.68 bits per heavy atom. The Labute approximate surface area is 117 Å². The molecule has 2 aliphatic rings. The third-order valence-electron chi connectivity index (χ3n) is 4.60. The van der Waals surface area contributed by atoms with Gasteiger partial charge in [-0.2, -0.15) is 0 Å². The Bertz CT molecular complexity index is 447. The molecule has 0 spiro atoms. The molecule has 0 radical (unpaired) electrons. The van der Waals surface area contributed by atoms with Gasteiger partial charge in [-0.05, 0) is 57.6 Å². The zero-order valence-corrected chi connectivity index (χ0v) is 12.4. The monoisotopic (exact) mass is 258 g/mol. The van der Waals surface area contributed by atoms with Gasteiger partial charge in [0.05, 0.1) is 0 Å². The second kappa shape index (κ2) is 4.82. The third-order valence-corrected chi connectivity index (χ3v) is 4.60. The molecule has 1 aromatic carbocycles. The molecular formula is C17H26N2. The van der Waals surface area contributed by atoms with Crippen LogP contribution in [0.15, 0.2) is 24.3 Å². The van der Waals surface area contributed by atoms with Crippen LogP contribution in [0.4, 0.5) is 5.69 Å². The maximum absolute atomic E-state index is 3.67. The molecule has 1 saturated carbocycles. The number of hydrogen-bond donors (Lipinski definition) is 1. The van der Waals surface area contributed by atoms with E-state index in [0.717, 1.165) is 18.5 Å². The van der Waals surface area contributed by atoms with Gasteiger partial charge in [0.2, 0.25) is 0 Å². The van der Waals surface area contributed by atoms with Crippen LogP contribution in [-0.2, 0) is 6.42 Å². The van der Waals surface area contributed by atoms with Crippen molar-refractivity contribution in [3.63, 3.8) is 0 Å². The maximum atomic E-state index is 3.67. The molecule has 1 aliphatic heterocycles. The first-order valence-electron chi connectivity index (χ1n) is 7.64. The van der Waals surface area contributed by atoms with Crippen molar-refractivity contribution in [3.8, 4) is 0 Å². The number of para-hydroxylation sites is 1. The average Bonchev–Trinajstić information content (AvgIpc) is 2.71. The molecule has 0 saturated heterocycles. The van der Waals surface area contributed by atoms with Crippen molar-refractivity contribution < 1.29 is 0 Å². The zero-order valence-electron chi connectivity index (χ0n) is 12.4. The number of anilines is 1. The molecule has 2 unspecified atom stereocenters. The summed E-state index contributed by atoms with van der Waals surface area (Å²) in [5.74, 6) is 0.824. The molecule has 0 amide bonds. The van der Waals surface area contributed by atoms with Gasteiger partial charge < -0.3 is 10.2 Å². The lowest BCUT2D eigenvalue weighted by molar-refractivity contribution is 0.218. The lowest BCUT2D eigenvalue weighted by Crippen LogP contribution is -2.52. The molecule has 1 aliphatic carbocycles. The molecule has 19 heavy (non-hydrogen) atoms. The average molecular weight is 258 g/mol. The summed E-state index contributed by atoms with van der Waals surface area (Å²) < 4.78 is 0. The van der Waals surface area contributed by atoms with Crippen LogP contribution in [0.2, 0.25) is 0 Å². The first-order chi connectivity index (χ1) is 9.04. The van der Waals surface area contributed by atoms with Gasteiger partial charge in [-0.25, -0.2) is 0 Å². The number of hydrogen-bond acceptors (Lipinski definition) is 2. The molecule has 1 N–H and O–H groups in total. The van der Waals surface area contributed by atoms with Gasteiger partial charge in [0.1, 0.15) is 0 Å². The van der Waals surface area contributed by atoms with E-state index in [1.807, 2.05) is 0 Å². The fraction of sp³-hybridized carbons (Fsp3) is 0.647. The third kappa shape index (κ3) is 2.64. The Hall–Kier alpha value is -1.02. The number of nitrogens with one attached hydrogen (secondary N) is 1. The highest BCUT2D eigenvalue weighted by Crippen LogP contribution is 2.39. The summed E-state index contributed by atoms with van der Waals surface area (Å²) in [4.78, 5) is 2.66. The van der Waals surface area contributed by atoms with Crippen molar-refractivity contribution in [2.75, 3.05) is 18.0 Å². The van der Waals surface area contributed by atoms with Crippen molar-refractivity contribution in [1.82, 2.24) is 5.32 Å². The van der Waals surface area contributed by atoms with Crippen LogP contribution >= 0.6 is 0 Å². The van der Waals surface area contributed by atoms with Gasteiger partial charge in [-0.15, -0.1) is 0 Å². The molecule has 1 aromatic rings. The predicted molar refractivity (Wildman–Crippen MR) is 81.8 cm³/mol. The quantitative estimate of drug-likeness (QED) is 0.895. The highest BCUT2D eigenvalue weighted by molar-refractivity contribution is 5.59. The normalized spacial score (nSPS) is 26.2. The summed E-state index contributed by atoms with van der Waals surface area (Å²) in [7, 11) is 0. The van der Waals surface area contributed by atoms with E-state index in [-0.39, 0.29) is 5.54 Å². The summed E-state index contributed by atoms with van der Waals surface area (Å²) in [5, 5.41) is 3.67. The first kappa shape index (κ1) is 13.0. The van der Waals surface area contributed by atoms with Gasteiger partial charge in [-0.1, -0.05) is 18.2 Å². The number of nitrogens with zero attached hydrogens (tertiary/aromatic N) is 1. The van der Waals surface area contributed by atoms with Gasteiger partial charge >= 0.3 is 0 Å². The Balaban J connectivity index is 1.65. The van der Waals surface area contributed by atoms with Gasteiger partial charge in [0, 0.05) is 30.4 Å².